The van der Waals surface area contributed by atoms with Crippen molar-refractivity contribution in [2.45, 2.75) is 18.9 Å². The Morgan fingerprint density at radius 2 is 1.45 bits per heavy atom. The van der Waals surface area contributed by atoms with Crippen LogP contribution in [0.25, 0.3) is 0 Å². The largest absolute Gasteiger partial charge is 0.293 e. The first-order valence-electron chi connectivity index (χ1n) is 7.01. The minimum atomic E-state index is -0.0971. The minimum absolute atomic E-state index is 0.0971. The third kappa shape index (κ3) is 3.02. The molecule has 0 bridgehead atoms. The van der Waals surface area contributed by atoms with Gasteiger partial charge in [-0.15, -0.1) is 0 Å². The Labute approximate surface area is 119 Å². The summed E-state index contributed by atoms with van der Waals surface area (Å²) in [5.41, 5.74) is 2.22. The molecular formula is C18H17NO. The van der Waals surface area contributed by atoms with Crippen LogP contribution < -0.4 is 0 Å². The molecule has 0 saturated heterocycles. The van der Waals surface area contributed by atoms with Crippen LogP contribution in [0.3, 0.4) is 0 Å². The third-order valence-electron chi connectivity index (χ3n) is 3.56. The van der Waals surface area contributed by atoms with Crippen LogP contribution in [0.2, 0.25) is 0 Å². The van der Waals surface area contributed by atoms with Gasteiger partial charge in [-0.1, -0.05) is 60.7 Å². The number of Topliss-reactive ketones (excluding diaryl/α,β-unsaturated/α-hetero) is 1. The molecule has 0 radical (unpaired) electrons. The summed E-state index contributed by atoms with van der Waals surface area (Å²) < 4.78 is 0. The van der Waals surface area contributed by atoms with Gasteiger partial charge in [0.2, 0.25) is 0 Å². The lowest BCUT2D eigenvalue weighted by Gasteiger charge is -2.13. The van der Waals surface area contributed by atoms with Crippen LogP contribution in [0.5, 0.6) is 0 Å². The summed E-state index contributed by atoms with van der Waals surface area (Å²) in [6.07, 6.45) is 3.57. The number of benzene rings is 2. The van der Waals surface area contributed by atoms with Crippen molar-refractivity contribution < 1.29 is 4.79 Å². The molecule has 0 spiro atoms. The number of rotatable bonds is 5. The molecule has 1 saturated carbocycles. The highest BCUT2D eigenvalue weighted by molar-refractivity contribution is 6.29. The van der Waals surface area contributed by atoms with Crippen LogP contribution >= 0.6 is 0 Å². The lowest BCUT2D eigenvalue weighted by atomic mass is 9.99. The quantitative estimate of drug-likeness (QED) is 0.754. The van der Waals surface area contributed by atoms with Gasteiger partial charge in [-0.2, -0.15) is 0 Å². The lowest BCUT2D eigenvalue weighted by Crippen LogP contribution is -2.05. The fourth-order valence-corrected chi connectivity index (χ4v) is 2.26. The molecule has 0 atom stereocenters. The van der Waals surface area contributed by atoms with E-state index in [1.807, 2.05) is 36.4 Å². The summed E-state index contributed by atoms with van der Waals surface area (Å²) in [4.78, 5) is 16.4. The second-order valence-electron chi connectivity index (χ2n) is 5.18. The van der Waals surface area contributed by atoms with E-state index in [0.717, 1.165) is 24.0 Å². The fraction of sp³-hybridized carbons (Fsp3) is 0.222. The smallest absolute Gasteiger partial charge is 0.176 e. The van der Waals surface area contributed by atoms with Crippen molar-refractivity contribution in [1.82, 2.24) is 0 Å². The summed E-state index contributed by atoms with van der Waals surface area (Å²) in [7, 11) is 0. The molecule has 2 aromatic carbocycles. The van der Waals surface area contributed by atoms with E-state index < -0.39 is 0 Å². The van der Waals surface area contributed by atoms with Crippen LogP contribution in [0.1, 0.15) is 30.0 Å². The van der Waals surface area contributed by atoms with Crippen molar-refractivity contribution in [3.63, 3.8) is 0 Å². The monoisotopic (exact) mass is 263 g/mol. The standard InChI is InChI=1S/C18H17NO/c20-17(14-11-12-14)13-19-18(15-7-3-1-4-8-15)16-9-5-2-6-10-16/h1-10,13-14,18H,11-12H2. The second kappa shape index (κ2) is 5.83. The lowest BCUT2D eigenvalue weighted by molar-refractivity contribution is -0.113. The zero-order valence-corrected chi connectivity index (χ0v) is 11.3. The summed E-state index contributed by atoms with van der Waals surface area (Å²) in [6.45, 7) is 0. The van der Waals surface area contributed by atoms with Crippen molar-refractivity contribution in [2.75, 3.05) is 0 Å². The van der Waals surface area contributed by atoms with Crippen molar-refractivity contribution in [3.05, 3.63) is 71.8 Å². The molecule has 2 nitrogen and oxygen atoms in total. The van der Waals surface area contributed by atoms with Crippen LogP contribution in [0.15, 0.2) is 65.7 Å². The molecule has 1 aliphatic rings. The normalized spacial score (nSPS) is 14.8. The van der Waals surface area contributed by atoms with E-state index in [2.05, 4.69) is 29.3 Å². The number of nitrogens with zero attached hydrogens (tertiary/aromatic N) is 1. The molecule has 2 aromatic rings. The van der Waals surface area contributed by atoms with Crippen LogP contribution in [-0.4, -0.2) is 12.0 Å². The zero-order valence-electron chi connectivity index (χ0n) is 11.3. The number of hydrogen-bond donors (Lipinski definition) is 0. The Hall–Kier alpha value is -2.22. The molecule has 20 heavy (non-hydrogen) atoms. The molecule has 1 fully saturated rings. The minimum Gasteiger partial charge on any atom is -0.293 e. The summed E-state index contributed by atoms with van der Waals surface area (Å²) in [6, 6.07) is 20.1. The van der Waals surface area contributed by atoms with Crippen LogP contribution in [0.4, 0.5) is 0 Å². The van der Waals surface area contributed by atoms with Crippen molar-refractivity contribution in [3.8, 4) is 0 Å². The maximum atomic E-state index is 11.8. The summed E-state index contributed by atoms with van der Waals surface area (Å²) >= 11 is 0. The van der Waals surface area contributed by atoms with Gasteiger partial charge < -0.3 is 0 Å². The van der Waals surface area contributed by atoms with Gasteiger partial charge in [0.25, 0.3) is 0 Å². The maximum Gasteiger partial charge on any atom is 0.176 e. The summed E-state index contributed by atoms with van der Waals surface area (Å²) in [5, 5.41) is 0. The van der Waals surface area contributed by atoms with E-state index in [-0.39, 0.29) is 17.7 Å². The Balaban J connectivity index is 1.89. The number of ketones is 1. The zero-order chi connectivity index (χ0) is 13.8. The Morgan fingerprint density at radius 1 is 0.950 bits per heavy atom. The van der Waals surface area contributed by atoms with Gasteiger partial charge in [-0.05, 0) is 24.0 Å². The van der Waals surface area contributed by atoms with Crippen molar-refractivity contribution >= 4 is 12.0 Å². The molecule has 0 aromatic heterocycles. The number of carbonyl (C=O) groups is 1. The van der Waals surface area contributed by atoms with Gasteiger partial charge in [-0.3, -0.25) is 9.79 Å². The highest BCUT2D eigenvalue weighted by Gasteiger charge is 2.28. The third-order valence-corrected chi connectivity index (χ3v) is 3.56. The van der Waals surface area contributed by atoms with Gasteiger partial charge >= 0.3 is 0 Å². The van der Waals surface area contributed by atoms with E-state index in [1.165, 1.54) is 6.21 Å². The van der Waals surface area contributed by atoms with Gasteiger partial charge in [0.15, 0.2) is 5.78 Å². The predicted octanol–water partition coefficient (Wildman–Crippen LogP) is 3.83. The van der Waals surface area contributed by atoms with Gasteiger partial charge in [-0.25, -0.2) is 0 Å². The second-order valence-corrected chi connectivity index (χ2v) is 5.18. The molecule has 0 amide bonds. The average molecular weight is 263 g/mol. The first-order chi connectivity index (χ1) is 9.84. The predicted molar refractivity (Wildman–Crippen MR) is 81.0 cm³/mol. The van der Waals surface area contributed by atoms with E-state index in [4.69, 9.17) is 0 Å². The Morgan fingerprint density at radius 3 is 1.90 bits per heavy atom. The topological polar surface area (TPSA) is 29.4 Å². The molecule has 2 heteroatoms. The molecule has 0 aliphatic heterocycles. The van der Waals surface area contributed by atoms with Crippen LogP contribution in [0, 0.1) is 5.92 Å². The molecule has 3 rings (SSSR count). The SMILES string of the molecule is O=C(C=NC(c1ccccc1)c1ccccc1)C1CC1. The molecule has 0 heterocycles. The number of aliphatic imine (C=N–C) groups is 1. The fourth-order valence-electron chi connectivity index (χ4n) is 2.26. The molecule has 1 aliphatic carbocycles. The van der Waals surface area contributed by atoms with E-state index in [0.29, 0.717) is 0 Å². The average Bonchev–Trinajstić information content (AvgIpc) is 3.34. The maximum absolute atomic E-state index is 11.8. The van der Waals surface area contributed by atoms with Crippen LogP contribution in [-0.2, 0) is 4.79 Å². The Bertz CT molecular complexity index is 560. The molecule has 100 valence electrons. The highest BCUT2D eigenvalue weighted by Crippen LogP contribution is 2.30. The van der Waals surface area contributed by atoms with Gasteiger partial charge in [0.05, 0.1) is 6.21 Å². The van der Waals surface area contributed by atoms with E-state index in [1.54, 1.807) is 0 Å². The molecular weight excluding hydrogens is 246 g/mol. The van der Waals surface area contributed by atoms with Gasteiger partial charge in [0, 0.05) is 5.92 Å². The number of carbonyl (C=O) groups excluding carboxylic acids is 1. The van der Waals surface area contributed by atoms with Crippen molar-refractivity contribution in [1.29, 1.82) is 0 Å². The first-order valence-corrected chi connectivity index (χ1v) is 7.01. The van der Waals surface area contributed by atoms with Crippen molar-refractivity contribution in [2.24, 2.45) is 10.9 Å². The van der Waals surface area contributed by atoms with E-state index >= 15 is 0 Å². The molecule has 0 unspecified atom stereocenters. The van der Waals surface area contributed by atoms with E-state index in [9.17, 15) is 4.79 Å². The Kier molecular flexibility index (Phi) is 3.73. The highest BCUT2D eigenvalue weighted by atomic mass is 16.1. The first kappa shape index (κ1) is 12.8. The van der Waals surface area contributed by atoms with Gasteiger partial charge in [0.1, 0.15) is 6.04 Å². The summed E-state index contributed by atoms with van der Waals surface area (Å²) in [5.74, 6) is 0.396. The number of hydrogen-bond acceptors (Lipinski definition) is 2. The molecule has 0 N–H and O–H groups in total.